The average molecular weight is 508 g/mol. The molecule has 1 aromatic heterocycles. The topological polar surface area (TPSA) is 74.4 Å². The van der Waals surface area contributed by atoms with Crippen LogP contribution in [0.15, 0.2) is 48.5 Å². The van der Waals surface area contributed by atoms with Crippen LogP contribution in [0.3, 0.4) is 0 Å². The largest absolute Gasteiger partial charge is 0.466 e. The molecular formula is C29H37N3O3S. The Morgan fingerprint density at radius 1 is 1.22 bits per heavy atom. The number of hydrogen-bond donors (Lipinski definition) is 2. The number of rotatable bonds is 8. The molecule has 1 saturated heterocycles. The summed E-state index contributed by atoms with van der Waals surface area (Å²) in [6.07, 6.45) is 8.19. The van der Waals surface area contributed by atoms with Gasteiger partial charge < -0.3 is 14.4 Å². The minimum atomic E-state index is -1.10. The van der Waals surface area contributed by atoms with Crippen molar-refractivity contribution in [2.24, 2.45) is 0 Å². The Labute approximate surface area is 216 Å². The molecule has 192 valence electrons. The van der Waals surface area contributed by atoms with Gasteiger partial charge in [-0.15, -0.1) is 0 Å². The maximum absolute atomic E-state index is 11.6. The van der Waals surface area contributed by atoms with E-state index in [1.54, 1.807) is 12.3 Å². The molecule has 0 aliphatic carbocycles. The van der Waals surface area contributed by atoms with Gasteiger partial charge in [0.25, 0.3) is 0 Å². The summed E-state index contributed by atoms with van der Waals surface area (Å²) in [6, 6.07) is 15.1. The highest BCUT2D eigenvalue weighted by Gasteiger charge is 2.28. The Hall–Kier alpha value is -2.90. The third kappa shape index (κ3) is 6.08. The molecule has 0 bridgehead atoms. The number of nitrogens with one attached hydrogen (secondary N) is 2. The van der Waals surface area contributed by atoms with Gasteiger partial charge in [-0.25, -0.2) is 9.00 Å². The number of carbonyl (C=O) groups is 1. The van der Waals surface area contributed by atoms with Gasteiger partial charge in [-0.1, -0.05) is 51.1 Å². The number of esters is 1. The number of ether oxygens (including phenoxy) is 1. The van der Waals surface area contributed by atoms with E-state index in [2.05, 4.69) is 76.5 Å². The molecule has 1 fully saturated rings. The first kappa shape index (κ1) is 26.2. The molecule has 7 heteroatoms. The maximum atomic E-state index is 11.6. The van der Waals surface area contributed by atoms with Crippen LogP contribution in [0, 0.1) is 0 Å². The maximum Gasteiger partial charge on any atom is 0.330 e. The van der Waals surface area contributed by atoms with Crippen LogP contribution in [0.2, 0.25) is 0 Å². The van der Waals surface area contributed by atoms with Gasteiger partial charge in [0.1, 0.15) is 11.0 Å². The van der Waals surface area contributed by atoms with E-state index in [0.717, 1.165) is 42.7 Å². The van der Waals surface area contributed by atoms with E-state index in [9.17, 15) is 9.00 Å². The SMILES string of the molecule is COC(=O)/C=C/c1ccc(C2CCCN2CCc2c(C(C)(C)C)[nH]c3cc(NS(C)=O)ccc23)cc1. The summed E-state index contributed by atoms with van der Waals surface area (Å²) in [4.78, 5) is 17.6. The molecule has 2 N–H and O–H groups in total. The molecule has 1 aliphatic heterocycles. The number of likely N-dealkylation sites (tertiary alicyclic amines) is 1. The summed E-state index contributed by atoms with van der Waals surface area (Å²) in [5, 5.41) is 1.24. The molecule has 0 radical (unpaired) electrons. The molecule has 36 heavy (non-hydrogen) atoms. The molecule has 2 aromatic carbocycles. The van der Waals surface area contributed by atoms with Gasteiger partial charge >= 0.3 is 5.97 Å². The summed E-state index contributed by atoms with van der Waals surface area (Å²) < 4.78 is 19.3. The molecule has 2 unspecified atom stereocenters. The molecule has 4 rings (SSSR count). The highest BCUT2D eigenvalue weighted by atomic mass is 32.2. The van der Waals surface area contributed by atoms with E-state index in [4.69, 9.17) is 0 Å². The van der Waals surface area contributed by atoms with Crippen LogP contribution in [-0.4, -0.2) is 46.5 Å². The van der Waals surface area contributed by atoms with E-state index >= 15 is 0 Å². The van der Waals surface area contributed by atoms with E-state index in [-0.39, 0.29) is 11.4 Å². The molecule has 0 amide bonds. The molecule has 3 aromatic rings. The third-order valence-electron chi connectivity index (χ3n) is 6.86. The fraction of sp³-hybridized carbons (Fsp3) is 0.414. The Balaban J connectivity index is 1.53. The lowest BCUT2D eigenvalue weighted by Crippen LogP contribution is -2.26. The number of carbonyl (C=O) groups excluding carboxylic acids is 1. The van der Waals surface area contributed by atoms with Gasteiger partial charge in [-0.3, -0.25) is 4.90 Å². The summed E-state index contributed by atoms with van der Waals surface area (Å²) in [7, 11) is 0.281. The van der Waals surface area contributed by atoms with Crippen molar-refractivity contribution in [3.05, 3.63) is 70.9 Å². The number of anilines is 1. The van der Waals surface area contributed by atoms with Crippen LogP contribution in [0.4, 0.5) is 5.69 Å². The normalized spacial score (nSPS) is 17.6. The standard InChI is InChI=1S/C29H37N3O3S/c1-29(2,3)28-24(23-14-13-22(31-36(5)34)19-25(23)30-28)16-18-32-17-6-7-26(32)21-11-8-20(9-12-21)10-15-27(33)35-4/h8-15,19,26,30-31H,6-7,16-18H2,1-5H3/b15-10+. The number of nitrogens with zero attached hydrogens (tertiary/aromatic N) is 1. The Bertz CT molecular complexity index is 1270. The second-order valence-electron chi connectivity index (χ2n) is 10.5. The highest BCUT2D eigenvalue weighted by Crippen LogP contribution is 2.36. The predicted molar refractivity (Wildman–Crippen MR) is 149 cm³/mol. The minimum absolute atomic E-state index is 0.00647. The van der Waals surface area contributed by atoms with Crippen LogP contribution in [0.25, 0.3) is 17.0 Å². The lowest BCUT2D eigenvalue weighted by molar-refractivity contribution is -0.134. The van der Waals surface area contributed by atoms with Crippen molar-refractivity contribution in [2.75, 3.05) is 31.2 Å². The zero-order valence-electron chi connectivity index (χ0n) is 21.9. The van der Waals surface area contributed by atoms with Gasteiger partial charge in [-0.2, -0.15) is 0 Å². The molecule has 2 atom stereocenters. The van der Waals surface area contributed by atoms with Gasteiger partial charge in [0.05, 0.1) is 7.11 Å². The number of hydrogen-bond acceptors (Lipinski definition) is 4. The molecule has 2 heterocycles. The Morgan fingerprint density at radius 3 is 2.64 bits per heavy atom. The second-order valence-corrected chi connectivity index (χ2v) is 11.6. The highest BCUT2D eigenvalue weighted by molar-refractivity contribution is 7.85. The van der Waals surface area contributed by atoms with E-state index in [1.807, 2.05) is 6.07 Å². The number of aromatic nitrogens is 1. The fourth-order valence-corrected chi connectivity index (χ4v) is 5.63. The zero-order valence-corrected chi connectivity index (χ0v) is 22.7. The summed E-state index contributed by atoms with van der Waals surface area (Å²) in [5.74, 6) is -0.347. The Kier molecular flexibility index (Phi) is 8.00. The van der Waals surface area contributed by atoms with Gasteiger partial charge in [-0.05, 0) is 60.7 Å². The smallest absolute Gasteiger partial charge is 0.330 e. The lowest BCUT2D eigenvalue weighted by atomic mass is 9.88. The van der Waals surface area contributed by atoms with Crippen molar-refractivity contribution in [1.29, 1.82) is 0 Å². The third-order valence-corrected chi connectivity index (χ3v) is 7.39. The fourth-order valence-electron chi connectivity index (χ4n) is 5.17. The average Bonchev–Trinajstić information content (AvgIpc) is 3.45. The van der Waals surface area contributed by atoms with Crippen molar-refractivity contribution in [3.63, 3.8) is 0 Å². The predicted octanol–water partition coefficient (Wildman–Crippen LogP) is 5.74. The van der Waals surface area contributed by atoms with Crippen molar-refractivity contribution in [2.45, 2.75) is 51.5 Å². The number of methoxy groups -OCH3 is 1. The summed E-state index contributed by atoms with van der Waals surface area (Å²) in [5.41, 5.74) is 6.89. The molecule has 0 saturated carbocycles. The second kappa shape index (κ2) is 11.0. The molecule has 1 aliphatic rings. The number of fused-ring (bicyclic) bond motifs is 1. The first-order chi connectivity index (χ1) is 17.2. The number of aromatic amines is 1. The lowest BCUT2D eigenvalue weighted by Gasteiger charge is -2.26. The zero-order chi connectivity index (χ0) is 25.9. The first-order valence-electron chi connectivity index (χ1n) is 12.5. The molecule has 6 nitrogen and oxygen atoms in total. The van der Waals surface area contributed by atoms with Crippen molar-refractivity contribution < 1.29 is 13.7 Å². The molecule has 0 spiro atoms. The number of benzene rings is 2. The van der Waals surface area contributed by atoms with Crippen LogP contribution in [0.5, 0.6) is 0 Å². The van der Waals surface area contributed by atoms with Gasteiger partial charge in [0.15, 0.2) is 0 Å². The van der Waals surface area contributed by atoms with Crippen molar-refractivity contribution in [3.8, 4) is 0 Å². The Morgan fingerprint density at radius 2 is 1.97 bits per heavy atom. The van der Waals surface area contributed by atoms with Crippen molar-refractivity contribution >= 4 is 39.6 Å². The quantitative estimate of drug-likeness (QED) is 0.301. The van der Waals surface area contributed by atoms with Gasteiger partial charge in [0, 0.05) is 52.6 Å². The number of H-pyrrole nitrogens is 1. The van der Waals surface area contributed by atoms with E-state index in [0.29, 0.717) is 6.04 Å². The van der Waals surface area contributed by atoms with E-state index < -0.39 is 11.0 Å². The van der Waals surface area contributed by atoms with Crippen LogP contribution >= 0.6 is 0 Å². The summed E-state index contributed by atoms with van der Waals surface area (Å²) in [6.45, 7) is 8.82. The first-order valence-corrected chi connectivity index (χ1v) is 14.1. The van der Waals surface area contributed by atoms with E-state index in [1.165, 1.54) is 41.8 Å². The van der Waals surface area contributed by atoms with Crippen LogP contribution in [0.1, 0.15) is 62.0 Å². The van der Waals surface area contributed by atoms with Crippen LogP contribution in [-0.2, 0) is 32.4 Å². The van der Waals surface area contributed by atoms with Crippen molar-refractivity contribution in [1.82, 2.24) is 9.88 Å². The minimum Gasteiger partial charge on any atom is -0.466 e. The summed E-state index contributed by atoms with van der Waals surface area (Å²) >= 11 is 0. The monoisotopic (exact) mass is 507 g/mol. The molecular weight excluding hydrogens is 470 g/mol. The van der Waals surface area contributed by atoms with Crippen LogP contribution < -0.4 is 4.72 Å². The van der Waals surface area contributed by atoms with Gasteiger partial charge in [0.2, 0.25) is 0 Å².